The maximum absolute atomic E-state index is 11.8. The molecule has 0 saturated carbocycles. The predicted molar refractivity (Wildman–Crippen MR) is 74.4 cm³/mol. The molecular formula is C13H20N2O6. The molecule has 0 aromatic rings. The first-order valence-corrected chi connectivity index (χ1v) is 5.97. The minimum atomic E-state index is -1.77. The van der Waals surface area contributed by atoms with Crippen LogP contribution in [0.3, 0.4) is 0 Å². The zero-order chi connectivity index (χ0) is 16.5. The second kappa shape index (κ2) is 8.11. The average Bonchev–Trinajstić information content (AvgIpc) is 2.40. The molecule has 0 bridgehead atoms. The summed E-state index contributed by atoms with van der Waals surface area (Å²) in [7, 11) is 2.40. The Morgan fingerprint density at radius 3 is 2.38 bits per heavy atom. The monoisotopic (exact) mass is 300 g/mol. The zero-order valence-electron chi connectivity index (χ0n) is 12.8. The first kappa shape index (κ1) is 18.7. The van der Waals surface area contributed by atoms with Crippen molar-refractivity contribution in [2.75, 3.05) is 20.8 Å². The number of nitrogens with one attached hydrogen (secondary N) is 1. The van der Waals surface area contributed by atoms with Crippen LogP contribution in [0.1, 0.15) is 20.8 Å². The molecule has 0 saturated heterocycles. The van der Waals surface area contributed by atoms with Gasteiger partial charge in [-0.3, -0.25) is 0 Å². The van der Waals surface area contributed by atoms with Gasteiger partial charge in [-0.05, 0) is 20.8 Å². The normalized spacial score (nSPS) is 13.9. The van der Waals surface area contributed by atoms with Crippen LogP contribution < -0.4 is 5.32 Å². The van der Waals surface area contributed by atoms with E-state index in [1.165, 1.54) is 7.11 Å². The Bertz CT molecular complexity index is 435. The maximum atomic E-state index is 11.8. The van der Waals surface area contributed by atoms with Crippen LogP contribution in [0.4, 0.5) is 4.79 Å². The fraction of sp³-hybridized carbons (Fsp3) is 0.615. The Hall–Kier alpha value is -2.27. The van der Waals surface area contributed by atoms with Gasteiger partial charge in [0.15, 0.2) is 0 Å². The third-order valence-corrected chi connectivity index (χ3v) is 2.06. The van der Waals surface area contributed by atoms with Gasteiger partial charge >= 0.3 is 12.1 Å². The van der Waals surface area contributed by atoms with Crippen molar-refractivity contribution in [2.24, 2.45) is 4.99 Å². The molecule has 8 heteroatoms. The first-order chi connectivity index (χ1) is 9.70. The van der Waals surface area contributed by atoms with Crippen LogP contribution in [-0.2, 0) is 24.0 Å². The molecule has 0 aliphatic carbocycles. The lowest BCUT2D eigenvalue weighted by atomic mass is 10.0. The molecule has 0 heterocycles. The molecule has 118 valence electrons. The molecular weight excluding hydrogens is 280 g/mol. The number of aliphatic imine (C=N–C) groups is 1. The summed E-state index contributed by atoms with van der Waals surface area (Å²) >= 11 is 0. The average molecular weight is 300 g/mol. The molecule has 0 aliphatic heterocycles. The number of hydrogen-bond acceptors (Lipinski definition) is 7. The summed E-state index contributed by atoms with van der Waals surface area (Å²) in [5, 5.41) is 2.36. The fourth-order valence-electron chi connectivity index (χ4n) is 1.16. The van der Waals surface area contributed by atoms with Crippen molar-refractivity contribution in [2.45, 2.75) is 31.9 Å². The molecule has 21 heavy (non-hydrogen) atoms. The van der Waals surface area contributed by atoms with Crippen molar-refractivity contribution in [3.63, 3.8) is 0 Å². The molecule has 1 unspecified atom stereocenters. The van der Waals surface area contributed by atoms with Crippen LogP contribution in [0.5, 0.6) is 0 Å². The number of nitrogens with zero attached hydrogens (tertiary/aromatic N) is 1. The highest BCUT2D eigenvalue weighted by molar-refractivity contribution is 5.87. The van der Waals surface area contributed by atoms with Crippen molar-refractivity contribution < 1.29 is 28.8 Å². The third-order valence-electron chi connectivity index (χ3n) is 2.06. The van der Waals surface area contributed by atoms with Crippen LogP contribution in [-0.4, -0.2) is 50.4 Å². The van der Waals surface area contributed by atoms with E-state index in [1.807, 2.05) is 0 Å². The Labute approximate surface area is 123 Å². The number of carbonyl (C=O) groups is 2. The number of terminal acetylenes is 1. The first-order valence-electron chi connectivity index (χ1n) is 5.97. The number of esters is 1. The van der Waals surface area contributed by atoms with Gasteiger partial charge in [0.1, 0.15) is 5.60 Å². The number of methoxy groups -OCH3 is 1. The summed E-state index contributed by atoms with van der Waals surface area (Å²) in [5.41, 5.74) is -2.46. The minimum absolute atomic E-state index is 0.325. The second-order valence-corrected chi connectivity index (χ2v) is 4.85. The van der Waals surface area contributed by atoms with E-state index < -0.39 is 23.2 Å². The fourth-order valence-corrected chi connectivity index (χ4v) is 1.16. The number of ether oxygens (including phenoxy) is 2. The van der Waals surface area contributed by atoms with Crippen molar-refractivity contribution >= 4 is 18.5 Å². The van der Waals surface area contributed by atoms with Crippen molar-refractivity contribution in [3.05, 3.63) is 0 Å². The number of hydrogen-bond donors (Lipinski definition) is 1. The lowest BCUT2D eigenvalue weighted by molar-refractivity contribution is -0.188. The molecule has 0 rings (SSSR count). The molecule has 1 atom stereocenters. The van der Waals surface area contributed by atoms with Gasteiger partial charge in [-0.2, -0.15) is 4.89 Å². The van der Waals surface area contributed by atoms with Crippen LogP contribution in [0, 0.1) is 12.3 Å². The quantitative estimate of drug-likeness (QED) is 0.193. The third kappa shape index (κ3) is 6.63. The summed E-state index contributed by atoms with van der Waals surface area (Å²) in [5.74, 6) is 1.33. The summed E-state index contributed by atoms with van der Waals surface area (Å²) in [6.45, 7) is 4.78. The summed E-state index contributed by atoms with van der Waals surface area (Å²) in [6, 6.07) is 0. The van der Waals surface area contributed by atoms with Crippen LogP contribution in [0.25, 0.3) is 0 Å². The van der Waals surface area contributed by atoms with E-state index in [0.29, 0.717) is 0 Å². The highest BCUT2D eigenvalue weighted by Crippen LogP contribution is 2.12. The lowest BCUT2D eigenvalue weighted by Crippen LogP contribution is -2.48. The largest absolute Gasteiger partial charge is 0.466 e. The van der Waals surface area contributed by atoms with Gasteiger partial charge in [-0.25, -0.2) is 14.6 Å². The Kier molecular flexibility index (Phi) is 7.24. The van der Waals surface area contributed by atoms with E-state index in [2.05, 4.69) is 30.7 Å². The van der Waals surface area contributed by atoms with E-state index in [0.717, 1.165) is 13.5 Å². The van der Waals surface area contributed by atoms with Gasteiger partial charge in [0.25, 0.3) is 0 Å². The molecule has 0 fully saturated rings. The van der Waals surface area contributed by atoms with E-state index in [1.54, 1.807) is 20.8 Å². The highest BCUT2D eigenvalue weighted by Gasteiger charge is 2.38. The second-order valence-electron chi connectivity index (χ2n) is 4.85. The summed E-state index contributed by atoms with van der Waals surface area (Å²) < 4.78 is 9.62. The molecule has 1 amide bonds. The molecule has 8 nitrogen and oxygen atoms in total. The minimum Gasteiger partial charge on any atom is -0.466 e. The predicted octanol–water partition coefficient (Wildman–Crippen LogP) is 0.662. The topological polar surface area (TPSA) is 95.5 Å². The Morgan fingerprint density at radius 1 is 1.33 bits per heavy atom. The summed E-state index contributed by atoms with van der Waals surface area (Å²) in [4.78, 5) is 35.9. The lowest BCUT2D eigenvalue weighted by Gasteiger charge is -2.23. The van der Waals surface area contributed by atoms with E-state index in [4.69, 9.17) is 11.2 Å². The van der Waals surface area contributed by atoms with Crippen molar-refractivity contribution in [3.8, 4) is 12.3 Å². The molecule has 0 spiro atoms. The molecule has 0 aromatic carbocycles. The van der Waals surface area contributed by atoms with Gasteiger partial charge < -0.3 is 19.7 Å². The van der Waals surface area contributed by atoms with Crippen LogP contribution in [0.2, 0.25) is 0 Å². The smallest absolute Gasteiger partial charge is 0.407 e. The van der Waals surface area contributed by atoms with Gasteiger partial charge in [0, 0.05) is 0 Å². The zero-order valence-corrected chi connectivity index (χ0v) is 12.8. The van der Waals surface area contributed by atoms with Crippen LogP contribution in [0.15, 0.2) is 4.99 Å². The van der Waals surface area contributed by atoms with E-state index in [9.17, 15) is 9.59 Å². The number of carbonyl (C=O) groups excluding carboxylic acids is 2. The summed E-state index contributed by atoms with van der Waals surface area (Å²) in [6.07, 6.45) is 5.43. The highest BCUT2D eigenvalue weighted by atomic mass is 17.2. The molecule has 0 radical (unpaired) electrons. The van der Waals surface area contributed by atoms with E-state index >= 15 is 0 Å². The Morgan fingerprint density at radius 2 is 1.95 bits per heavy atom. The van der Waals surface area contributed by atoms with Crippen LogP contribution >= 0.6 is 0 Å². The van der Waals surface area contributed by atoms with E-state index in [-0.39, 0.29) is 6.54 Å². The molecule has 0 aliphatic rings. The van der Waals surface area contributed by atoms with Gasteiger partial charge in [0.2, 0.25) is 11.9 Å². The SMILES string of the molecule is C#CC(CNC(=O)OC(C)(C)C)(N=COOC)C(=O)OC. The number of rotatable bonds is 6. The van der Waals surface area contributed by atoms with Crippen molar-refractivity contribution in [1.82, 2.24) is 5.32 Å². The van der Waals surface area contributed by atoms with Gasteiger partial charge in [-0.15, -0.1) is 6.42 Å². The molecule has 1 N–H and O–H groups in total. The standard InChI is InChI=1S/C13H20N2O6/c1-7-13(10(16)18-5,15-9-20-19-6)8-14-11(17)21-12(2,3)4/h1,9H,8H2,2-6H3,(H,14,17). The van der Waals surface area contributed by atoms with Gasteiger partial charge in [-0.1, -0.05) is 5.92 Å². The number of alkyl carbamates (subject to hydrolysis) is 1. The van der Waals surface area contributed by atoms with Gasteiger partial charge in [0.05, 0.1) is 20.8 Å². The molecule has 0 aromatic heterocycles. The maximum Gasteiger partial charge on any atom is 0.407 e. The number of amides is 1. The Balaban J connectivity index is 4.96. The van der Waals surface area contributed by atoms with Crippen molar-refractivity contribution in [1.29, 1.82) is 0 Å².